The highest BCUT2D eigenvalue weighted by molar-refractivity contribution is 6.10. The number of benzene rings is 2. The quantitative estimate of drug-likeness (QED) is 0.664. The number of rotatable bonds is 4. The van der Waals surface area contributed by atoms with Crippen molar-refractivity contribution in [2.24, 2.45) is 0 Å². The average Bonchev–Trinajstić information content (AvgIpc) is 2.85. The lowest BCUT2D eigenvalue weighted by molar-refractivity contribution is 0.363. The van der Waals surface area contributed by atoms with E-state index in [-0.39, 0.29) is 0 Å². The summed E-state index contributed by atoms with van der Waals surface area (Å²) in [7, 11) is 0. The molecule has 20 heavy (non-hydrogen) atoms. The highest BCUT2D eigenvalue weighted by Crippen LogP contribution is 2.33. The molecule has 0 aliphatic heterocycles. The van der Waals surface area contributed by atoms with E-state index in [1.807, 2.05) is 25.1 Å². The second kappa shape index (κ2) is 5.25. The van der Waals surface area contributed by atoms with Gasteiger partial charge in [0, 0.05) is 21.9 Å². The highest BCUT2D eigenvalue weighted by atomic mass is 16.5. The van der Waals surface area contributed by atoms with Crippen molar-refractivity contribution >= 4 is 27.9 Å². The number of hydrogen-bond acceptors (Lipinski definition) is 1. The van der Waals surface area contributed by atoms with Crippen molar-refractivity contribution in [1.82, 2.24) is 4.98 Å². The number of H-pyrrole nitrogens is 1. The summed E-state index contributed by atoms with van der Waals surface area (Å²) in [5, 5.41) is 2.46. The summed E-state index contributed by atoms with van der Waals surface area (Å²) in [4.78, 5) is 3.49. The lowest BCUT2D eigenvalue weighted by Gasteiger charge is -2.08. The molecular formula is C18H17NO. The third-order valence-corrected chi connectivity index (χ3v) is 3.37. The molecule has 0 aliphatic carbocycles. The van der Waals surface area contributed by atoms with E-state index in [1.165, 1.54) is 10.8 Å². The molecule has 1 aromatic heterocycles. The van der Waals surface area contributed by atoms with E-state index in [9.17, 15) is 0 Å². The van der Waals surface area contributed by atoms with Gasteiger partial charge in [0.25, 0.3) is 0 Å². The summed E-state index contributed by atoms with van der Waals surface area (Å²) < 4.78 is 5.75. The number of nitrogens with one attached hydrogen (secondary N) is 1. The summed E-state index contributed by atoms with van der Waals surface area (Å²) in [6.07, 6.45) is 5.87. The molecule has 0 aliphatic rings. The lowest BCUT2D eigenvalue weighted by Crippen LogP contribution is -1.95. The minimum Gasteiger partial charge on any atom is -0.489 e. The molecule has 2 heteroatoms. The van der Waals surface area contributed by atoms with E-state index < -0.39 is 0 Å². The molecule has 3 rings (SSSR count). The zero-order valence-electron chi connectivity index (χ0n) is 11.5. The van der Waals surface area contributed by atoms with Gasteiger partial charge in [-0.1, -0.05) is 43.0 Å². The maximum atomic E-state index is 5.75. The fourth-order valence-corrected chi connectivity index (χ4v) is 2.53. The lowest BCUT2D eigenvalue weighted by atomic mass is 10.1. The minimum atomic E-state index is 0.510. The standard InChI is InChI=1S/C18H17NO/c1-3-7-15-17(20-12-4-2)11-10-14-13-8-5-6-9-16(13)19-18(14)15/h3-11,19H,2,12H2,1H3. The van der Waals surface area contributed by atoms with Gasteiger partial charge in [0.05, 0.1) is 5.52 Å². The first kappa shape index (κ1) is 12.5. The molecular weight excluding hydrogens is 246 g/mol. The topological polar surface area (TPSA) is 25.0 Å². The molecule has 0 saturated heterocycles. The summed E-state index contributed by atoms with van der Waals surface area (Å²) in [5.74, 6) is 0.877. The zero-order valence-corrected chi connectivity index (χ0v) is 11.5. The molecule has 1 heterocycles. The Morgan fingerprint density at radius 1 is 1.15 bits per heavy atom. The van der Waals surface area contributed by atoms with Crippen molar-refractivity contribution in [3.8, 4) is 5.75 Å². The molecule has 0 unspecified atom stereocenters. The van der Waals surface area contributed by atoms with Crippen molar-refractivity contribution in [1.29, 1.82) is 0 Å². The molecule has 2 aromatic carbocycles. The van der Waals surface area contributed by atoms with Gasteiger partial charge in [0.2, 0.25) is 0 Å². The smallest absolute Gasteiger partial charge is 0.129 e. The molecule has 100 valence electrons. The van der Waals surface area contributed by atoms with Crippen LogP contribution in [0.5, 0.6) is 5.75 Å². The van der Waals surface area contributed by atoms with Gasteiger partial charge in [-0.05, 0) is 25.1 Å². The van der Waals surface area contributed by atoms with Gasteiger partial charge in [0.1, 0.15) is 12.4 Å². The van der Waals surface area contributed by atoms with Crippen molar-refractivity contribution in [2.45, 2.75) is 6.92 Å². The summed E-state index contributed by atoms with van der Waals surface area (Å²) >= 11 is 0. The Balaban J connectivity index is 2.30. The SMILES string of the molecule is C=CCOc1ccc2c([nH]c3ccccc32)c1C=CC. The monoisotopic (exact) mass is 263 g/mol. The van der Waals surface area contributed by atoms with Gasteiger partial charge < -0.3 is 9.72 Å². The van der Waals surface area contributed by atoms with Gasteiger partial charge in [-0.2, -0.15) is 0 Å². The molecule has 1 N–H and O–H groups in total. The van der Waals surface area contributed by atoms with Crippen LogP contribution in [0.2, 0.25) is 0 Å². The molecule has 0 radical (unpaired) electrons. The van der Waals surface area contributed by atoms with Crippen molar-refractivity contribution in [3.63, 3.8) is 0 Å². The number of aromatic amines is 1. The molecule has 2 nitrogen and oxygen atoms in total. The molecule has 0 bridgehead atoms. The number of allylic oxidation sites excluding steroid dienone is 1. The Morgan fingerprint density at radius 3 is 2.80 bits per heavy atom. The molecule has 0 saturated carbocycles. The second-order valence-electron chi connectivity index (χ2n) is 4.67. The van der Waals surface area contributed by atoms with Gasteiger partial charge >= 0.3 is 0 Å². The van der Waals surface area contributed by atoms with Crippen LogP contribution >= 0.6 is 0 Å². The number of hydrogen-bond donors (Lipinski definition) is 1. The number of ether oxygens (including phenoxy) is 1. The normalized spacial score (nSPS) is 11.4. The molecule has 0 spiro atoms. The van der Waals surface area contributed by atoms with E-state index in [0.29, 0.717) is 6.61 Å². The highest BCUT2D eigenvalue weighted by Gasteiger charge is 2.10. The van der Waals surface area contributed by atoms with Crippen LogP contribution in [0.3, 0.4) is 0 Å². The molecule has 3 aromatic rings. The summed E-state index contributed by atoms with van der Waals surface area (Å²) in [6, 6.07) is 12.5. The maximum Gasteiger partial charge on any atom is 0.129 e. The van der Waals surface area contributed by atoms with E-state index >= 15 is 0 Å². The van der Waals surface area contributed by atoms with Crippen LogP contribution in [-0.4, -0.2) is 11.6 Å². The molecule has 0 amide bonds. The van der Waals surface area contributed by atoms with E-state index in [2.05, 4.69) is 41.9 Å². The van der Waals surface area contributed by atoms with Gasteiger partial charge in [0.15, 0.2) is 0 Å². The van der Waals surface area contributed by atoms with Crippen LogP contribution < -0.4 is 4.74 Å². The van der Waals surface area contributed by atoms with Crippen molar-refractivity contribution < 1.29 is 4.74 Å². The third-order valence-electron chi connectivity index (χ3n) is 3.37. The Labute approximate surface area is 118 Å². The Hall–Kier alpha value is -2.48. The Kier molecular flexibility index (Phi) is 3.30. The van der Waals surface area contributed by atoms with E-state index in [0.717, 1.165) is 22.3 Å². The number of fused-ring (bicyclic) bond motifs is 3. The average molecular weight is 263 g/mol. The van der Waals surface area contributed by atoms with Crippen LogP contribution in [0.4, 0.5) is 0 Å². The van der Waals surface area contributed by atoms with Crippen LogP contribution in [0.25, 0.3) is 27.9 Å². The maximum absolute atomic E-state index is 5.75. The third kappa shape index (κ3) is 1.99. The first-order valence-electron chi connectivity index (χ1n) is 6.75. The van der Waals surface area contributed by atoms with Crippen LogP contribution in [0, 0.1) is 0 Å². The Bertz CT molecular complexity index is 796. The first-order chi connectivity index (χ1) is 9.85. The van der Waals surface area contributed by atoms with Crippen LogP contribution in [0.1, 0.15) is 12.5 Å². The van der Waals surface area contributed by atoms with Gasteiger partial charge in [-0.25, -0.2) is 0 Å². The second-order valence-corrected chi connectivity index (χ2v) is 4.67. The van der Waals surface area contributed by atoms with Crippen molar-refractivity contribution in [2.75, 3.05) is 6.61 Å². The minimum absolute atomic E-state index is 0.510. The predicted octanol–water partition coefficient (Wildman–Crippen LogP) is 4.92. The first-order valence-corrected chi connectivity index (χ1v) is 6.75. The number of para-hydroxylation sites is 1. The summed E-state index contributed by atoms with van der Waals surface area (Å²) in [6.45, 7) is 6.22. The molecule has 0 fully saturated rings. The van der Waals surface area contributed by atoms with E-state index in [1.54, 1.807) is 6.08 Å². The van der Waals surface area contributed by atoms with Crippen LogP contribution in [0.15, 0.2) is 55.1 Å². The summed E-state index contributed by atoms with van der Waals surface area (Å²) in [5.41, 5.74) is 3.35. The van der Waals surface area contributed by atoms with Gasteiger partial charge in [-0.3, -0.25) is 0 Å². The fourth-order valence-electron chi connectivity index (χ4n) is 2.53. The fraction of sp³-hybridized carbons (Fsp3) is 0.111. The van der Waals surface area contributed by atoms with Crippen molar-refractivity contribution in [3.05, 3.63) is 60.7 Å². The van der Waals surface area contributed by atoms with Gasteiger partial charge in [-0.15, -0.1) is 0 Å². The molecule has 0 atom stereocenters. The number of aromatic nitrogens is 1. The zero-order chi connectivity index (χ0) is 13.9. The van der Waals surface area contributed by atoms with E-state index in [4.69, 9.17) is 4.74 Å². The Morgan fingerprint density at radius 2 is 2.00 bits per heavy atom. The largest absolute Gasteiger partial charge is 0.489 e. The predicted molar refractivity (Wildman–Crippen MR) is 86.2 cm³/mol. The van der Waals surface area contributed by atoms with Crippen LogP contribution in [-0.2, 0) is 0 Å².